The monoisotopic (exact) mass is 304 g/mol. The van der Waals surface area contributed by atoms with E-state index in [1.807, 2.05) is 12.3 Å². The quantitative estimate of drug-likeness (QED) is 0.860. The molecule has 1 aromatic heterocycles. The van der Waals surface area contributed by atoms with Gasteiger partial charge in [-0.1, -0.05) is 6.92 Å². The summed E-state index contributed by atoms with van der Waals surface area (Å²) >= 11 is 1.48. The molecule has 0 bridgehead atoms. The molecule has 1 aliphatic rings. The zero-order chi connectivity index (χ0) is 13.9. The number of ether oxygens (including phenoxy) is 1. The van der Waals surface area contributed by atoms with Gasteiger partial charge in [0.25, 0.3) is 0 Å². The highest BCUT2D eigenvalue weighted by molar-refractivity contribution is 7.89. The summed E-state index contributed by atoms with van der Waals surface area (Å²) < 4.78 is 31.9. The largest absolute Gasteiger partial charge is 0.380 e. The second kappa shape index (κ2) is 6.32. The molecule has 0 radical (unpaired) electrons. The van der Waals surface area contributed by atoms with Crippen LogP contribution in [0.15, 0.2) is 16.3 Å². The summed E-state index contributed by atoms with van der Waals surface area (Å²) in [6, 6.07) is 1.70. The number of hydrogen-bond acceptors (Lipinski definition) is 5. The van der Waals surface area contributed by atoms with Crippen LogP contribution in [0.4, 0.5) is 0 Å². The topological polar surface area (TPSA) is 58.6 Å². The lowest BCUT2D eigenvalue weighted by atomic mass is 10.3. The molecule has 1 fully saturated rings. The Labute approximate surface area is 118 Å². The Bertz CT molecular complexity index is 513. The van der Waals surface area contributed by atoms with Crippen LogP contribution in [0, 0.1) is 0 Å². The van der Waals surface area contributed by atoms with Gasteiger partial charge >= 0.3 is 0 Å². The number of thiophene rings is 1. The lowest BCUT2D eigenvalue weighted by Gasteiger charge is -2.16. The second-order valence-electron chi connectivity index (χ2n) is 4.50. The van der Waals surface area contributed by atoms with Crippen molar-refractivity contribution in [3.05, 3.63) is 16.3 Å². The van der Waals surface area contributed by atoms with Gasteiger partial charge < -0.3 is 10.1 Å². The normalized spacial score (nSPS) is 21.1. The summed E-state index contributed by atoms with van der Waals surface area (Å²) in [5.41, 5.74) is 0. The number of nitrogens with zero attached hydrogens (tertiary/aromatic N) is 1. The van der Waals surface area contributed by atoms with Crippen molar-refractivity contribution in [1.82, 2.24) is 9.62 Å². The van der Waals surface area contributed by atoms with Gasteiger partial charge in [0.2, 0.25) is 10.0 Å². The number of rotatable bonds is 6. The molecular weight excluding hydrogens is 284 g/mol. The number of hydrogen-bond donors (Lipinski definition) is 1. The van der Waals surface area contributed by atoms with Gasteiger partial charge in [-0.25, -0.2) is 8.42 Å². The predicted octanol–water partition coefficient (Wildman–Crippen LogP) is 1.27. The zero-order valence-corrected chi connectivity index (χ0v) is 12.9. The van der Waals surface area contributed by atoms with Crippen molar-refractivity contribution < 1.29 is 13.2 Å². The Hall–Kier alpha value is -0.470. The average molecular weight is 304 g/mol. The average Bonchev–Trinajstić information content (AvgIpc) is 3.05. The van der Waals surface area contributed by atoms with Crippen molar-refractivity contribution >= 4 is 21.4 Å². The van der Waals surface area contributed by atoms with E-state index in [1.54, 1.807) is 13.2 Å². The van der Waals surface area contributed by atoms with Crippen LogP contribution >= 0.6 is 11.3 Å². The maximum absolute atomic E-state index is 12.6. The molecule has 0 saturated carbocycles. The molecule has 7 heteroatoms. The van der Waals surface area contributed by atoms with Crippen molar-refractivity contribution in [3.63, 3.8) is 0 Å². The maximum atomic E-state index is 12.6. The lowest BCUT2D eigenvalue weighted by Crippen LogP contribution is -2.30. The fourth-order valence-corrected chi connectivity index (χ4v) is 5.04. The molecule has 1 atom stereocenters. The van der Waals surface area contributed by atoms with Crippen LogP contribution in [0.2, 0.25) is 0 Å². The lowest BCUT2D eigenvalue weighted by molar-refractivity contribution is 0.115. The fourth-order valence-electron chi connectivity index (χ4n) is 2.17. The van der Waals surface area contributed by atoms with Gasteiger partial charge in [-0.05, 0) is 24.4 Å². The molecule has 0 spiro atoms. The van der Waals surface area contributed by atoms with Gasteiger partial charge in [-0.3, -0.25) is 0 Å². The van der Waals surface area contributed by atoms with E-state index in [2.05, 4.69) is 5.32 Å². The molecule has 1 aromatic rings. The van der Waals surface area contributed by atoms with Crippen LogP contribution in [0.25, 0.3) is 0 Å². The van der Waals surface area contributed by atoms with E-state index < -0.39 is 10.0 Å². The molecule has 2 heterocycles. The Morgan fingerprint density at radius 3 is 3.00 bits per heavy atom. The molecule has 108 valence electrons. The van der Waals surface area contributed by atoms with E-state index in [0.29, 0.717) is 24.5 Å². The van der Waals surface area contributed by atoms with Crippen molar-refractivity contribution in [1.29, 1.82) is 0 Å². The second-order valence-corrected chi connectivity index (χ2v) is 7.40. The van der Waals surface area contributed by atoms with E-state index in [9.17, 15) is 8.42 Å². The first-order chi connectivity index (χ1) is 9.09. The molecule has 0 aromatic carbocycles. The highest BCUT2D eigenvalue weighted by Crippen LogP contribution is 2.28. The number of sulfonamides is 1. The summed E-state index contributed by atoms with van der Waals surface area (Å²) in [5.74, 6) is 0. The molecule has 19 heavy (non-hydrogen) atoms. The molecule has 2 rings (SSSR count). The van der Waals surface area contributed by atoms with Crippen LogP contribution in [0.1, 0.15) is 18.2 Å². The summed E-state index contributed by atoms with van der Waals surface area (Å²) in [6.07, 6.45) is 0.785. The highest BCUT2D eigenvalue weighted by Gasteiger charge is 2.34. The van der Waals surface area contributed by atoms with Gasteiger partial charge in [0.15, 0.2) is 0 Å². The Morgan fingerprint density at radius 1 is 1.58 bits per heavy atom. The minimum atomic E-state index is -3.38. The standard InChI is InChI=1S/C12H20N2O3S2/c1-3-13-8-11-12(5-7-18-11)19(15,16)14-6-4-10(9-14)17-2/h5,7,10,13H,3-4,6,8-9H2,1-2H3. The first-order valence-corrected chi connectivity index (χ1v) is 8.71. The molecular formula is C12H20N2O3S2. The van der Waals surface area contributed by atoms with Crippen molar-refractivity contribution in [3.8, 4) is 0 Å². The Kier molecular flexibility index (Phi) is 4.97. The molecule has 5 nitrogen and oxygen atoms in total. The SMILES string of the molecule is CCNCc1sccc1S(=O)(=O)N1CCC(OC)C1. The first-order valence-electron chi connectivity index (χ1n) is 6.39. The minimum Gasteiger partial charge on any atom is -0.380 e. The fraction of sp³-hybridized carbons (Fsp3) is 0.667. The molecule has 1 saturated heterocycles. The molecule has 1 aliphatic heterocycles. The van der Waals surface area contributed by atoms with Crippen molar-refractivity contribution in [2.75, 3.05) is 26.7 Å². The van der Waals surface area contributed by atoms with Crippen LogP contribution in [-0.4, -0.2) is 45.6 Å². The third-order valence-electron chi connectivity index (χ3n) is 3.30. The smallest absolute Gasteiger partial charge is 0.244 e. The first kappa shape index (κ1) is 14.9. The minimum absolute atomic E-state index is 0.0191. The molecule has 1 unspecified atom stereocenters. The van der Waals surface area contributed by atoms with E-state index >= 15 is 0 Å². The van der Waals surface area contributed by atoms with Gasteiger partial charge in [0.05, 0.1) is 11.0 Å². The van der Waals surface area contributed by atoms with Crippen molar-refractivity contribution in [2.45, 2.75) is 30.9 Å². The third-order valence-corrected chi connectivity index (χ3v) is 6.30. The van der Waals surface area contributed by atoms with Gasteiger partial charge in [0.1, 0.15) is 0 Å². The summed E-state index contributed by atoms with van der Waals surface area (Å²) in [6.45, 7) is 4.43. The summed E-state index contributed by atoms with van der Waals surface area (Å²) in [7, 11) is -1.75. The van der Waals surface area contributed by atoms with E-state index in [0.717, 1.165) is 17.8 Å². The number of methoxy groups -OCH3 is 1. The molecule has 1 N–H and O–H groups in total. The molecule has 0 amide bonds. The van der Waals surface area contributed by atoms with Gasteiger partial charge in [0, 0.05) is 31.6 Å². The Morgan fingerprint density at radius 2 is 2.37 bits per heavy atom. The maximum Gasteiger partial charge on any atom is 0.244 e. The van der Waals surface area contributed by atoms with E-state index in [4.69, 9.17) is 4.74 Å². The zero-order valence-electron chi connectivity index (χ0n) is 11.3. The summed E-state index contributed by atoms with van der Waals surface area (Å²) in [4.78, 5) is 1.32. The van der Waals surface area contributed by atoms with Crippen LogP contribution in [-0.2, 0) is 21.3 Å². The Balaban J connectivity index is 2.18. The van der Waals surface area contributed by atoms with Crippen LogP contribution in [0.3, 0.4) is 0 Å². The number of nitrogens with one attached hydrogen (secondary N) is 1. The van der Waals surface area contributed by atoms with Crippen molar-refractivity contribution in [2.24, 2.45) is 0 Å². The summed E-state index contributed by atoms with van der Waals surface area (Å²) in [5, 5.41) is 5.01. The predicted molar refractivity (Wildman–Crippen MR) is 75.9 cm³/mol. The van der Waals surface area contributed by atoms with Gasteiger partial charge in [-0.2, -0.15) is 4.31 Å². The van der Waals surface area contributed by atoms with Gasteiger partial charge in [-0.15, -0.1) is 11.3 Å². The third kappa shape index (κ3) is 3.17. The highest BCUT2D eigenvalue weighted by atomic mass is 32.2. The van der Waals surface area contributed by atoms with Crippen LogP contribution in [0.5, 0.6) is 0 Å². The van der Waals surface area contributed by atoms with E-state index in [-0.39, 0.29) is 6.10 Å². The molecule has 0 aliphatic carbocycles. The van der Waals surface area contributed by atoms with E-state index in [1.165, 1.54) is 15.6 Å². The van der Waals surface area contributed by atoms with Crippen LogP contribution < -0.4 is 5.32 Å².